The van der Waals surface area contributed by atoms with E-state index in [2.05, 4.69) is 36.5 Å². The van der Waals surface area contributed by atoms with Crippen LogP contribution in [0.25, 0.3) is 10.8 Å². The Kier molecular flexibility index (Phi) is 3.87. The first-order chi connectivity index (χ1) is 10.1. The van der Waals surface area contributed by atoms with Crippen molar-refractivity contribution >= 4 is 10.8 Å². The number of ether oxygens (including phenoxy) is 1. The average molecular weight is 285 g/mol. The molecule has 0 aromatic heterocycles. The van der Waals surface area contributed by atoms with Crippen molar-refractivity contribution < 1.29 is 9.84 Å². The van der Waals surface area contributed by atoms with Crippen LogP contribution in [0, 0.1) is 0 Å². The lowest BCUT2D eigenvalue weighted by Crippen LogP contribution is -2.46. The lowest BCUT2D eigenvalue weighted by molar-refractivity contribution is -0.0329. The molecule has 112 valence electrons. The minimum atomic E-state index is -0.474. The quantitative estimate of drug-likeness (QED) is 0.884. The molecule has 0 radical (unpaired) electrons. The maximum Gasteiger partial charge on any atom is 0.119 e. The summed E-state index contributed by atoms with van der Waals surface area (Å²) in [5.74, 6) is 0.883. The topological polar surface area (TPSA) is 41.5 Å². The standard InChI is InChI=1S/C18H23NO2/c1-13(19-12-18(20)8-3-9-18)14-4-5-16-11-17(21-2)7-6-15(16)10-14/h4-7,10-11,13,19-20H,3,8-9,12H2,1-2H3. The monoisotopic (exact) mass is 285 g/mol. The average Bonchev–Trinajstić information content (AvgIpc) is 2.49. The van der Waals surface area contributed by atoms with Gasteiger partial charge < -0.3 is 15.2 Å². The second kappa shape index (κ2) is 5.66. The highest BCUT2D eigenvalue weighted by Crippen LogP contribution is 2.31. The third-order valence-corrected chi connectivity index (χ3v) is 4.59. The second-order valence-electron chi connectivity index (χ2n) is 6.15. The molecular formula is C18H23NO2. The van der Waals surface area contributed by atoms with Crippen molar-refractivity contribution in [2.75, 3.05) is 13.7 Å². The molecule has 0 spiro atoms. The number of hydrogen-bond donors (Lipinski definition) is 2. The molecular weight excluding hydrogens is 262 g/mol. The van der Waals surface area contributed by atoms with Gasteiger partial charge in [-0.25, -0.2) is 0 Å². The van der Waals surface area contributed by atoms with Gasteiger partial charge in [0.2, 0.25) is 0 Å². The van der Waals surface area contributed by atoms with Crippen LogP contribution in [-0.2, 0) is 0 Å². The molecule has 0 heterocycles. The predicted molar refractivity (Wildman–Crippen MR) is 85.7 cm³/mol. The van der Waals surface area contributed by atoms with E-state index < -0.39 is 5.60 Å². The smallest absolute Gasteiger partial charge is 0.119 e. The molecule has 0 aliphatic heterocycles. The summed E-state index contributed by atoms with van der Waals surface area (Å²) >= 11 is 0. The SMILES string of the molecule is COc1ccc2cc(C(C)NCC3(O)CCC3)ccc2c1. The zero-order chi connectivity index (χ0) is 14.9. The first kappa shape index (κ1) is 14.4. The van der Waals surface area contributed by atoms with E-state index in [0.29, 0.717) is 6.54 Å². The molecule has 2 N–H and O–H groups in total. The van der Waals surface area contributed by atoms with Crippen molar-refractivity contribution in [3.63, 3.8) is 0 Å². The van der Waals surface area contributed by atoms with Crippen LogP contribution in [0.2, 0.25) is 0 Å². The molecule has 1 aliphatic carbocycles. The molecule has 1 fully saturated rings. The number of nitrogens with one attached hydrogen (secondary N) is 1. The lowest BCUT2D eigenvalue weighted by Gasteiger charge is -2.37. The molecule has 2 aromatic rings. The van der Waals surface area contributed by atoms with E-state index in [0.717, 1.165) is 25.0 Å². The van der Waals surface area contributed by atoms with Gasteiger partial charge in [-0.15, -0.1) is 0 Å². The van der Waals surface area contributed by atoms with Gasteiger partial charge >= 0.3 is 0 Å². The van der Waals surface area contributed by atoms with Crippen molar-refractivity contribution in [1.82, 2.24) is 5.32 Å². The van der Waals surface area contributed by atoms with Gasteiger partial charge in [0.25, 0.3) is 0 Å². The zero-order valence-electron chi connectivity index (χ0n) is 12.7. The number of methoxy groups -OCH3 is 1. The molecule has 1 aliphatic rings. The van der Waals surface area contributed by atoms with Crippen LogP contribution in [0.5, 0.6) is 5.75 Å². The Hall–Kier alpha value is -1.58. The zero-order valence-corrected chi connectivity index (χ0v) is 12.7. The molecule has 0 saturated heterocycles. The Balaban J connectivity index is 1.73. The van der Waals surface area contributed by atoms with Gasteiger partial charge in [0.1, 0.15) is 5.75 Å². The van der Waals surface area contributed by atoms with Crippen LogP contribution >= 0.6 is 0 Å². The Labute approximate surface area is 125 Å². The molecule has 0 amide bonds. The number of hydrogen-bond acceptors (Lipinski definition) is 3. The summed E-state index contributed by atoms with van der Waals surface area (Å²) in [4.78, 5) is 0. The fourth-order valence-electron chi connectivity index (χ4n) is 2.86. The summed E-state index contributed by atoms with van der Waals surface area (Å²) < 4.78 is 5.25. The van der Waals surface area contributed by atoms with Crippen molar-refractivity contribution in [2.24, 2.45) is 0 Å². The van der Waals surface area contributed by atoms with Gasteiger partial charge in [-0.1, -0.05) is 18.2 Å². The van der Waals surface area contributed by atoms with E-state index in [1.165, 1.54) is 16.3 Å². The normalized spacial score (nSPS) is 18.2. The van der Waals surface area contributed by atoms with Gasteiger partial charge in [0.15, 0.2) is 0 Å². The molecule has 21 heavy (non-hydrogen) atoms. The minimum absolute atomic E-state index is 0.237. The molecule has 1 saturated carbocycles. The first-order valence-corrected chi connectivity index (χ1v) is 7.63. The maximum atomic E-state index is 10.2. The summed E-state index contributed by atoms with van der Waals surface area (Å²) in [5.41, 5.74) is 0.772. The minimum Gasteiger partial charge on any atom is -0.497 e. The van der Waals surface area contributed by atoms with E-state index in [9.17, 15) is 5.11 Å². The molecule has 3 rings (SSSR count). The Morgan fingerprint density at radius 1 is 1.19 bits per heavy atom. The Morgan fingerprint density at radius 3 is 2.57 bits per heavy atom. The second-order valence-corrected chi connectivity index (χ2v) is 6.15. The summed E-state index contributed by atoms with van der Waals surface area (Å²) in [6, 6.07) is 12.8. The van der Waals surface area contributed by atoms with E-state index in [-0.39, 0.29) is 6.04 Å². The molecule has 2 aromatic carbocycles. The Bertz CT molecular complexity index is 634. The number of benzene rings is 2. The van der Waals surface area contributed by atoms with Crippen LogP contribution in [0.15, 0.2) is 36.4 Å². The van der Waals surface area contributed by atoms with Crippen LogP contribution in [-0.4, -0.2) is 24.4 Å². The summed E-state index contributed by atoms with van der Waals surface area (Å²) in [6.07, 6.45) is 2.98. The highest BCUT2D eigenvalue weighted by Gasteiger charge is 2.34. The van der Waals surface area contributed by atoms with E-state index in [4.69, 9.17) is 4.74 Å². The van der Waals surface area contributed by atoms with Crippen LogP contribution in [0.1, 0.15) is 37.8 Å². The van der Waals surface area contributed by atoms with Crippen LogP contribution in [0.4, 0.5) is 0 Å². The summed E-state index contributed by atoms with van der Waals surface area (Å²) in [6.45, 7) is 2.82. The van der Waals surface area contributed by atoms with Crippen molar-refractivity contribution in [3.05, 3.63) is 42.0 Å². The van der Waals surface area contributed by atoms with Gasteiger partial charge in [0.05, 0.1) is 12.7 Å². The molecule has 1 unspecified atom stereocenters. The molecule has 1 atom stereocenters. The van der Waals surface area contributed by atoms with Gasteiger partial charge in [-0.3, -0.25) is 0 Å². The van der Waals surface area contributed by atoms with Crippen LogP contribution < -0.4 is 10.1 Å². The maximum absolute atomic E-state index is 10.2. The number of aliphatic hydroxyl groups is 1. The molecule has 3 nitrogen and oxygen atoms in total. The summed E-state index contributed by atoms with van der Waals surface area (Å²) in [5, 5.41) is 16.0. The van der Waals surface area contributed by atoms with E-state index in [1.54, 1.807) is 7.11 Å². The third kappa shape index (κ3) is 3.04. The highest BCUT2D eigenvalue weighted by atomic mass is 16.5. The van der Waals surface area contributed by atoms with Gasteiger partial charge in [-0.05, 0) is 60.7 Å². The highest BCUT2D eigenvalue weighted by molar-refractivity contribution is 5.84. The predicted octanol–water partition coefficient (Wildman–Crippen LogP) is 3.41. The lowest BCUT2D eigenvalue weighted by atomic mass is 9.80. The fraction of sp³-hybridized carbons (Fsp3) is 0.444. The largest absolute Gasteiger partial charge is 0.497 e. The van der Waals surface area contributed by atoms with Crippen molar-refractivity contribution in [3.8, 4) is 5.75 Å². The van der Waals surface area contributed by atoms with Crippen LogP contribution in [0.3, 0.4) is 0 Å². The van der Waals surface area contributed by atoms with E-state index >= 15 is 0 Å². The van der Waals surface area contributed by atoms with E-state index in [1.807, 2.05) is 12.1 Å². The molecule has 3 heteroatoms. The van der Waals surface area contributed by atoms with Crippen molar-refractivity contribution in [1.29, 1.82) is 0 Å². The summed E-state index contributed by atoms with van der Waals surface area (Å²) in [7, 11) is 1.69. The number of rotatable bonds is 5. The Morgan fingerprint density at radius 2 is 1.90 bits per heavy atom. The molecule has 0 bridgehead atoms. The third-order valence-electron chi connectivity index (χ3n) is 4.59. The van der Waals surface area contributed by atoms with Gasteiger partial charge in [-0.2, -0.15) is 0 Å². The van der Waals surface area contributed by atoms with Crippen molar-refractivity contribution in [2.45, 2.75) is 37.8 Å². The van der Waals surface area contributed by atoms with Gasteiger partial charge in [0, 0.05) is 12.6 Å². The fourth-order valence-corrected chi connectivity index (χ4v) is 2.86. The first-order valence-electron chi connectivity index (χ1n) is 7.63. The number of fused-ring (bicyclic) bond motifs is 1.